The van der Waals surface area contributed by atoms with Crippen LogP contribution in [-0.2, 0) is 15.0 Å². The van der Waals surface area contributed by atoms with Crippen LogP contribution in [0.4, 0.5) is 11.4 Å². The van der Waals surface area contributed by atoms with E-state index in [9.17, 15) is 14.9 Å². The molecule has 0 saturated heterocycles. The summed E-state index contributed by atoms with van der Waals surface area (Å²) in [4.78, 5) is 29.6. The first-order valence-electron chi connectivity index (χ1n) is 11.3. The third-order valence-electron chi connectivity index (χ3n) is 7.26. The van der Waals surface area contributed by atoms with Gasteiger partial charge < -0.3 is 11.1 Å². The van der Waals surface area contributed by atoms with Crippen LogP contribution >= 0.6 is 27.5 Å². The molecule has 0 radical (unpaired) electrons. The van der Waals surface area contributed by atoms with Gasteiger partial charge in [-0.2, -0.15) is 5.26 Å². The molecule has 1 spiro atoms. The van der Waals surface area contributed by atoms with E-state index in [-0.39, 0.29) is 29.0 Å². The number of hydrogen-bond acceptors (Lipinski definition) is 5. The van der Waals surface area contributed by atoms with Gasteiger partial charge in [-0.1, -0.05) is 47.4 Å². The highest BCUT2D eigenvalue weighted by atomic mass is 79.9. The lowest BCUT2D eigenvalue weighted by atomic mass is 9.60. The summed E-state index contributed by atoms with van der Waals surface area (Å²) in [5.41, 5.74) is 9.26. The minimum atomic E-state index is -1.62. The first-order chi connectivity index (χ1) is 16.4. The van der Waals surface area contributed by atoms with Gasteiger partial charge in [0, 0.05) is 32.7 Å². The van der Waals surface area contributed by atoms with Gasteiger partial charge in [0.15, 0.2) is 5.78 Å². The average Bonchev–Trinajstić information content (AvgIpc) is 3.04. The zero-order valence-electron chi connectivity index (χ0n) is 19.8. The summed E-state index contributed by atoms with van der Waals surface area (Å²) >= 11 is 9.86. The van der Waals surface area contributed by atoms with Crippen molar-refractivity contribution in [3.05, 3.63) is 79.2 Å². The molecule has 0 bridgehead atoms. The molecule has 6 nitrogen and oxygen atoms in total. The van der Waals surface area contributed by atoms with E-state index in [1.807, 2.05) is 39.0 Å². The number of amides is 1. The van der Waals surface area contributed by atoms with Crippen molar-refractivity contribution in [2.75, 3.05) is 10.2 Å². The normalized spacial score (nSPS) is 22.8. The standard InChI is InChI=1S/C27H24BrClN4O2/c1-13-9-15(28)5-8-19(13)33-20-10-26(3,4)11-21(34)22(20)27(17(12-30)24(33)31)16-6-7-18(29)14(2)23(16)32-25(27)35/h5-9H,10-11,31H2,1-4H3,(H,32,35). The topological polar surface area (TPSA) is 99.2 Å². The van der Waals surface area contributed by atoms with E-state index in [2.05, 4.69) is 27.3 Å². The molecule has 5 rings (SSSR count). The molecule has 0 fully saturated rings. The fourth-order valence-corrected chi connectivity index (χ4v) is 6.38. The largest absolute Gasteiger partial charge is 0.384 e. The SMILES string of the molecule is Cc1cc(Br)ccc1N1C(N)=C(C#N)C2(C(=O)Nc3c2ccc(Cl)c3C)C2=C1CC(C)(C)CC2=O. The van der Waals surface area contributed by atoms with Gasteiger partial charge in [-0.3, -0.25) is 14.5 Å². The second-order valence-electron chi connectivity index (χ2n) is 10.2. The van der Waals surface area contributed by atoms with Crippen molar-refractivity contribution in [3.63, 3.8) is 0 Å². The number of halogens is 2. The van der Waals surface area contributed by atoms with Crippen LogP contribution in [0.5, 0.6) is 0 Å². The Morgan fingerprint density at radius 2 is 1.89 bits per heavy atom. The highest BCUT2D eigenvalue weighted by Crippen LogP contribution is 2.58. The van der Waals surface area contributed by atoms with E-state index >= 15 is 0 Å². The van der Waals surface area contributed by atoms with Crippen molar-refractivity contribution in [1.29, 1.82) is 5.26 Å². The van der Waals surface area contributed by atoms with Gasteiger partial charge in [-0.15, -0.1) is 0 Å². The molecule has 1 unspecified atom stereocenters. The molecule has 1 aliphatic carbocycles. The number of nitrogens with zero attached hydrogens (tertiary/aromatic N) is 2. The third kappa shape index (κ3) is 3.13. The smallest absolute Gasteiger partial charge is 0.245 e. The number of nitriles is 1. The lowest BCUT2D eigenvalue weighted by molar-refractivity contribution is -0.123. The molecule has 1 amide bonds. The fraction of sp³-hybridized carbons (Fsp3) is 0.296. The molecule has 178 valence electrons. The van der Waals surface area contributed by atoms with Gasteiger partial charge in [-0.25, -0.2) is 0 Å². The van der Waals surface area contributed by atoms with Gasteiger partial charge in [0.05, 0.1) is 16.9 Å². The highest BCUT2D eigenvalue weighted by molar-refractivity contribution is 9.10. The zero-order valence-corrected chi connectivity index (χ0v) is 22.2. The van der Waals surface area contributed by atoms with Gasteiger partial charge in [0.1, 0.15) is 17.3 Å². The molecule has 1 atom stereocenters. The molecule has 2 aromatic rings. The summed E-state index contributed by atoms with van der Waals surface area (Å²) in [6.07, 6.45) is 0.772. The molecule has 0 aromatic heterocycles. The van der Waals surface area contributed by atoms with E-state index in [1.54, 1.807) is 24.0 Å². The molecule has 2 aliphatic heterocycles. The molecule has 2 aromatic carbocycles. The molecule has 0 saturated carbocycles. The lowest BCUT2D eigenvalue weighted by Crippen LogP contribution is -2.52. The van der Waals surface area contributed by atoms with Crippen LogP contribution in [0.2, 0.25) is 5.02 Å². The number of ketones is 1. The van der Waals surface area contributed by atoms with Gasteiger partial charge in [-0.05, 0) is 61.1 Å². The van der Waals surface area contributed by atoms with E-state index < -0.39 is 11.3 Å². The number of nitrogens with two attached hydrogens (primary N) is 1. The number of hydrogen-bond donors (Lipinski definition) is 2. The van der Waals surface area contributed by atoms with Crippen molar-refractivity contribution >= 4 is 50.6 Å². The molecule has 3 aliphatic rings. The predicted molar refractivity (Wildman–Crippen MR) is 140 cm³/mol. The van der Waals surface area contributed by atoms with Crippen LogP contribution in [0, 0.1) is 30.6 Å². The Balaban J connectivity index is 1.92. The van der Waals surface area contributed by atoms with Crippen molar-refractivity contribution in [2.45, 2.75) is 46.0 Å². The average molecular weight is 552 g/mol. The van der Waals surface area contributed by atoms with Crippen LogP contribution in [-0.4, -0.2) is 11.7 Å². The van der Waals surface area contributed by atoms with E-state index in [0.717, 1.165) is 15.7 Å². The summed E-state index contributed by atoms with van der Waals surface area (Å²) < 4.78 is 0.904. The Morgan fingerprint density at radius 3 is 2.54 bits per heavy atom. The van der Waals surface area contributed by atoms with E-state index in [4.69, 9.17) is 17.3 Å². The third-order valence-corrected chi connectivity index (χ3v) is 8.17. The number of benzene rings is 2. The zero-order chi connectivity index (χ0) is 25.4. The maximum Gasteiger partial charge on any atom is 0.245 e. The second-order valence-corrected chi connectivity index (χ2v) is 11.5. The Morgan fingerprint density at radius 1 is 1.17 bits per heavy atom. The maximum atomic E-state index is 13.9. The van der Waals surface area contributed by atoms with Crippen molar-refractivity contribution in [3.8, 4) is 6.07 Å². The minimum absolute atomic E-state index is 0.0459. The first-order valence-corrected chi connectivity index (χ1v) is 12.5. The second kappa shape index (κ2) is 7.71. The first kappa shape index (κ1) is 23.7. The van der Waals surface area contributed by atoms with Crippen LogP contribution < -0.4 is 16.0 Å². The van der Waals surface area contributed by atoms with Crippen LogP contribution in [0.15, 0.2) is 57.5 Å². The maximum absolute atomic E-state index is 13.9. The molecular weight excluding hydrogens is 528 g/mol. The minimum Gasteiger partial charge on any atom is -0.384 e. The Bertz CT molecular complexity index is 1470. The summed E-state index contributed by atoms with van der Waals surface area (Å²) in [6, 6.07) is 11.4. The fourth-order valence-electron chi connectivity index (χ4n) is 5.75. The number of aryl methyl sites for hydroxylation is 1. The summed E-state index contributed by atoms with van der Waals surface area (Å²) in [5, 5.41) is 13.9. The van der Waals surface area contributed by atoms with Crippen LogP contribution in [0.25, 0.3) is 0 Å². The molecule has 35 heavy (non-hydrogen) atoms. The number of allylic oxidation sites excluding steroid dienone is 1. The predicted octanol–water partition coefficient (Wildman–Crippen LogP) is 5.77. The number of carbonyl (C=O) groups is 2. The molecular formula is C27H24BrClN4O2. The molecule has 3 N–H and O–H groups in total. The van der Waals surface area contributed by atoms with Gasteiger partial charge in [0.2, 0.25) is 5.91 Å². The number of Topliss-reactive ketones (excluding diaryl/α,β-unsaturated/α-hetero) is 1. The summed E-state index contributed by atoms with van der Waals surface area (Å²) in [7, 11) is 0. The Labute approximate surface area is 217 Å². The number of rotatable bonds is 1. The van der Waals surface area contributed by atoms with Crippen LogP contribution in [0.3, 0.4) is 0 Å². The molecule has 2 heterocycles. The highest BCUT2D eigenvalue weighted by Gasteiger charge is 2.61. The number of nitrogens with one attached hydrogen (secondary N) is 1. The number of anilines is 2. The Hall–Kier alpha value is -3.08. The van der Waals surface area contributed by atoms with Gasteiger partial charge >= 0.3 is 0 Å². The lowest BCUT2D eigenvalue weighted by Gasteiger charge is -2.47. The van der Waals surface area contributed by atoms with Crippen LogP contribution in [0.1, 0.15) is 43.4 Å². The van der Waals surface area contributed by atoms with E-state index in [0.29, 0.717) is 39.5 Å². The number of carbonyl (C=O) groups excluding carboxylic acids is 2. The Kier molecular flexibility index (Phi) is 5.21. The van der Waals surface area contributed by atoms with Crippen molar-refractivity contribution in [2.24, 2.45) is 11.1 Å². The summed E-state index contributed by atoms with van der Waals surface area (Å²) in [5.74, 6) is -0.463. The summed E-state index contributed by atoms with van der Waals surface area (Å²) in [6.45, 7) is 7.81. The number of fused-ring (bicyclic) bond motifs is 3. The van der Waals surface area contributed by atoms with Crippen molar-refractivity contribution < 1.29 is 9.59 Å². The quantitative estimate of drug-likeness (QED) is 0.469. The molecule has 8 heteroatoms. The van der Waals surface area contributed by atoms with Crippen molar-refractivity contribution in [1.82, 2.24) is 0 Å². The monoisotopic (exact) mass is 550 g/mol. The van der Waals surface area contributed by atoms with E-state index in [1.165, 1.54) is 0 Å². The van der Waals surface area contributed by atoms with Gasteiger partial charge in [0.25, 0.3) is 0 Å².